The van der Waals surface area contributed by atoms with Gasteiger partial charge in [0, 0.05) is 6.61 Å². The lowest BCUT2D eigenvalue weighted by molar-refractivity contribution is 0.0321. The number of para-hydroxylation sites is 2. The van der Waals surface area contributed by atoms with E-state index in [4.69, 9.17) is 14.2 Å². The van der Waals surface area contributed by atoms with Gasteiger partial charge in [-0.25, -0.2) is 0 Å². The minimum absolute atomic E-state index is 0.102. The molecule has 1 aromatic carbocycles. The average molecular weight is 224 g/mol. The van der Waals surface area contributed by atoms with Crippen molar-refractivity contribution in [1.82, 2.24) is 0 Å². The van der Waals surface area contributed by atoms with Gasteiger partial charge in [-0.1, -0.05) is 19.1 Å². The van der Waals surface area contributed by atoms with Crippen LogP contribution in [0.3, 0.4) is 0 Å². The summed E-state index contributed by atoms with van der Waals surface area (Å²) in [6.45, 7) is 5.41. The third-order valence-corrected chi connectivity index (χ3v) is 2.15. The molecule has 0 spiro atoms. The molecule has 0 bridgehead atoms. The Balaban J connectivity index is 2.41. The second kappa shape index (κ2) is 7.12. The third-order valence-electron chi connectivity index (χ3n) is 2.15. The van der Waals surface area contributed by atoms with Crippen LogP contribution in [-0.2, 0) is 4.74 Å². The molecule has 3 heteroatoms. The third kappa shape index (κ3) is 4.11. The highest BCUT2D eigenvalue weighted by molar-refractivity contribution is 5.39. The molecule has 0 aliphatic heterocycles. The van der Waals surface area contributed by atoms with E-state index in [1.54, 1.807) is 7.11 Å². The van der Waals surface area contributed by atoms with Gasteiger partial charge in [0.05, 0.1) is 13.2 Å². The molecule has 0 saturated heterocycles. The molecular formula is C13H20O3. The van der Waals surface area contributed by atoms with Gasteiger partial charge < -0.3 is 14.2 Å². The number of rotatable bonds is 7. The highest BCUT2D eigenvalue weighted by Crippen LogP contribution is 2.25. The maximum Gasteiger partial charge on any atom is 0.161 e. The summed E-state index contributed by atoms with van der Waals surface area (Å²) in [6.07, 6.45) is 1.13. The van der Waals surface area contributed by atoms with Gasteiger partial charge in [-0.2, -0.15) is 0 Å². The van der Waals surface area contributed by atoms with E-state index in [1.807, 2.05) is 31.2 Å². The van der Waals surface area contributed by atoms with Crippen molar-refractivity contribution in [2.45, 2.75) is 26.4 Å². The molecule has 0 radical (unpaired) electrons. The molecule has 1 rings (SSSR count). The molecule has 0 amide bonds. The monoisotopic (exact) mass is 224 g/mol. The van der Waals surface area contributed by atoms with Crippen LogP contribution in [0.4, 0.5) is 0 Å². The van der Waals surface area contributed by atoms with E-state index < -0.39 is 0 Å². The fourth-order valence-corrected chi connectivity index (χ4v) is 1.31. The standard InChI is InChI=1S/C13H20O3/c1-4-9-15-11(2)10-16-13-8-6-5-7-12(13)14-3/h5-8,11H,4,9-10H2,1-3H3. The van der Waals surface area contributed by atoms with Crippen LogP contribution in [0.25, 0.3) is 0 Å². The smallest absolute Gasteiger partial charge is 0.161 e. The Morgan fingerprint density at radius 2 is 1.88 bits per heavy atom. The number of methoxy groups -OCH3 is 1. The average Bonchev–Trinajstić information content (AvgIpc) is 2.34. The Morgan fingerprint density at radius 3 is 2.50 bits per heavy atom. The lowest BCUT2D eigenvalue weighted by atomic mass is 10.3. The van der Waals surface area contributed by atoms with E-state index in [-0.39, 0.29) is 6.10 Å². The van der Waals surface area contributed by atoms with Gasteiger partial charge in [0.2, 0.25) is 0 Å². The van der Waals surface area contributed by atoms with Crippen molar-refractivity contribution in [2.75, 3.05) is 20.3 Å². The maximum atomic E-state index is 5.64. The summed E-state index contributed by atoms with van der Waals surface area (Å²) in [4.78, 5) is 0. The van der Waals surface area contributed by atoms with Crippen LogP contribution in [0.15, 0.2) is 24.3 Å². The zero-order valence-corrected chi connectivity index (χ0v) is 10.2. The van der Waals surface area contributed by atoms with Gasteiger partial charge in [-0.15, -0.1) is 0 Å². The zero-order valence-electron chi connectivity index (χ0n) is 10.2. The highest BCUT2D eigenvalue weighted by atomic mass is 16.5. The zero-order chi connectivity index (χ0) is 11.8. The van der Waals surface area contributed by atoms with Crippen molar-refractivity contribution in [3.63, 3.8) is 0 Å². The molecule has 0 heterocycles. The first-order valence-electron chi connectivity index (χ1n) is 5.65. The molecule has 3 nitrogen and oxygen atoms in total. The van der Waals surface area contributed by atoms with E-state index in [0.717, 1.165) is 24.5 Å². The quantitative estimate of drug-likeness (QED) is 0.712. The summed E-state index contributed by atoms with van der Waals surface area (Å²) >= 11 is 0. The van der Waals surface area contributed by atoms with Crippen molar-refractivity contribution in [3.05, 3.63) is 24.3 Å². The second-order valence-electron chi connectivity index (χ2n) is 3.64. The molecule has 1 aromatic rings. The summed E-state index contributed by atoms with van der Waals surface area (Å²) in [5.74, 6) is 1.52. The molecule has 0 N–H and O–H groups in total. The Morgan fingerprint density at radius 1 is 1.19 bits per heavy atom. The van der Waals surface area contributed by atoms with Crippen molar-refractivity contribution in [2.24, 2.45) is 0 Å². The summed E-state index contributed by atoms with van der Waals surface area (Å²) in [7, 11) is 1.64. The van der Waals surface area contributed by atoms with Crippen molar-refractivity contribution in [3.8, 4) is 11.5 Å². The van der Waals surface area contributed by atoms with Crippen LogP contribution in [-0.4, -0.2) is 26.4 Å². The Hall–Kier alpha value is -1.22. The predicted octanol–water partition coefficient (Wildman–Crippen LogP) is 2.89. The number of ether oxygens (including phenoxy) is 3. The number of hydrogen-bond donors (Lipinski definition) is 0. The van der Waals surface area contributed by atoms with E-state index in [9.17, 15) is 0 Å². The fourth-order valence-electron chi connectivity index (χ4n) is 1.31. The topological polar surface area (TPSA) is 27.7 Å². The molecule has 0 aliphatic carbocycles. The van der Waals surface area contributed by atoms with Gasteiger partial charge in [0.15, 0.2) is 11.5 Å². The molecule has 16 heavy (non-hydrogen) atoms. The Kier molecular flexibility index (Phi) is 5.72. The molecule has 0 aromatic heterocycles. The lowest BCUT2D eigenvalue weighted by Crippen LogP contribution is -2.18. The van der Waals surface area contributed by atoms with Gasteiger partial charge in [0.1, 0.15) is 6.61 Å². The highest BCUT2D eigenvalue weighted by Gasteiger charge is 2.06. The first kappa shape index (κ1) is 12.8. The molecular weight excluding hydrogens is 204 g/mol. The van der Waals surface area contributed by atoms with E-state index >= 15 is 0 Å². The van der Waals surface area contributed by atoms with Crippen molar-refractivity contribution in [1.29, 1.82) is 0 Å². The summed E-state index contributed by atoms with van der Waals surface area (Å²) in [5, 5.41) is 0. The molecule has 0 fully saturated rings. The van der Waals surface area contributed by atoms with Crippen LogP contribution in [0.1, 0.15) is 20.3 Å². The van der Waals surface area contributed by atoms with Gasteiger partial charge >= 0.3 is 0 Å². The van der Waals surface area contributed by atoms with Crippen LogP contribution in [0.5, 0.6) is 11.5 Å². The molecule has 1 atom stereocenters. The minimum atomic E-state index is 0.102. The Bertz CT molecular complexity index is 299. The first-order chi connectivity index (χ1) is 7.77. The van der Waals surface area contributed by atoms with Crippen LogP contribution in [0.2, 0.25) is 0 Å². The summed E-state index contributed by atoms with van der Waals surface area (Å²) in [6, 6.07) is 7.62. The van der Waals surface area contributed by atoms with Crippen LogP contribution < -0.4 is 9.47 Å². The minimum Gasteiger partial charge on any atom is -0.493 e. The van der Waals surface area contributed by atoms with Crippen molar-refractivity contribution >= 4 is 0 Å². The van der Waals surface area contributed by atoms with E-state index in [2.05, 4.69) is 6.92 Å². The molecule has 90 valence electrons. The van der Waals surface area contributed by atoms with Crippen LogP contribution in [0, 0.1) is 0 Å². The second-order valence-corrected chi connectivity index (χ2v) is 3.64. The van der Waals surface area contributed by atoms with E-state index in [0.29, 0.717) is 6.61 Å². The number of benzene rings is 1. The molecule has 1 unspecified atom stereocenters. The predicted molar refractivity (Wildman–Crippen MR) is 64.2 cm³/mol. The maximum absolute atomic E-state index is 5.64. The van der Waals surface area contributed by atoms with Gasteiger partial charge in [-0.3, -0.25) is 0 Å². The van der Waals surface area contributed by atoms with Gasteiger partial charge in [0.25, 0.3) is 0 Å². The molecule has 0 saturated carbocycles. The van der Waals surface area contributed by atoms with Gasteiger partial charge in [-0.05, 0) is 25.5 Å². The van der Waals surface area contributed by atoms with Crippen LogP contribution >= 0.6 is 0 Å². The SMILES string of the molecule is CCCOC(C)COc1ccccc1OC. The Labute approximate surface area is 97.3 Å². The normalized spacial score (nSPS) is 12.2. The largest absolute Gasteiger partial charge is 0.493 e. The van der Waals surface area contributed by atoms with Crippen molar-refractivity contribution < 1.29 is 14.2 Å². The lowest BCUT2D eigenvalue weighted by Gasteiger charge is -2.15. The summed E-state index contributed by atoms with van der Waals surface area (Å²) < 4.78 is 16.4. The summed E-state index contributed by atoms with van der Waals surface area (Å²) in [5.41, 5.74) is 0. The fraction of sp³-hybridized carbons (Fsp3) is 0.538. The van der Waals surface area contributed by atoms with E-state index in [1.165, 1.54) is 0 Å². The number of hydrogen-bond acceptors (Lipinski definition) is 3. The first-order valence-corrected chi connectivity index (χ1v) is 5.65. The molecule has 0 aliphatic rings.